The third-order valence-electron chi connectivity index (χ3n) is 7.54. The van der Waals surface area contributed by atoms with Crippen LogP contribution in [0.3, 0.4) is 0 Å². The number of nitrogens with one attached hydrogen (secondary N) is 2. The van der Waals surface area contributed by atoms with E-state index in [-0.39, 0.29) is 11.4 Å². The van der Waals surface area contributed by atoms with Crippen molar-refractivity contribution in [1.29, 1.82) is 0 Å². The molecule has 6 rings (SSSR count). The number of carbonyl (C=O) groups excluding carboxylic acids is 1. The van der Waals surface area contributed by atoms with Crippen molar-refractivity contribution in [3.05, 3.63) is 65.4 Å². The number of hydrogen-bond acceptors (Lipinski definition) is 5. The van der Waals surface area contributed by atoms with Crippen molar-refractivity contribution >= 4 is 16.8 Å². The zero-order valence-corrected chi connectivity index (χ0v) is 19.5. The van der Waals surface area contributed by atoms with E-state index < -0.39 is 0 Å². The van der Waals surface area contributed by atoms with Crippen LogP contribution in [0.2, 0.25) is 0 Å². The maximum atomic E-state index is 13.1. The van der Waals surface area contributed by atoms with E-state index in [1.807, 2.05) is 41.3 Å². The van der Waals surface area contributed by atoms with Gasteiger partial charge in [-0.1, -0.05) is 18.2 Å². The van der Waals surface area contributed by atoms with Crippen molar-refractivity contribution in [1.82, 2.24) is 20.1 Å². The summed E-state index contributed by atoms with van der Waals surface area (Å²) in [7, 11) is 0. The van der Waals surface area contributed by atoms with E-state index >= 15 is 0 Å². The lowest BCUT2D eigenvalue weighted by molar-refractivity contribution is 0.0303. The molecule has 2 aromatic carbocycles. The minimum absolute atomic E-state index is 0.0618. The summed E-state index contributed by atoms with van der Waals surface area (Å²) in [5, 5.41) is 5.03. The molecule has 178 valence electrons. The van der Waals surface area contributed by atoms with Crippen molar-refractivity contribution in [2.24, 2.45) is 0 Å². The Kier molecular flexibility index (Phi) is 5.77. The van der Waals surface area contributed by atoms with Crippen LogP contribution >= 0.6 is 0 Å². The summed E-state index contributed by atoms with van der Waals surface area (Å²) in [6.07, 6.45) is 2.04. The molecule has 1 spiro atoms. The number of morpholine rings is 1. The lowest BCUT2D eigenvalue weighted by atomic mass is 9.86. The third-order valence-corrected chi connectivity index (χ3v) is 7.54. The molecule has 1 atom stereocenters. The third kappa shape index (κ3) is 3.98. The van der Waals surface area contributed by atoms with Crippen LogP contribution in [-0.2, 0) is 16.7 Å². The van der Waals surface area contributed by atoms with Crippen LogP contribution in [0.15, 0.2) is 48.5 Å². The number of benzene rings is 2. The van der Waals surface area contributed by atoms with Crippen LogP contribution < -0.4 is 10.1 Å². The molecule has 2 fully saturated rings. The van der Waals surface area contributed by atoms with Gasteiger partial charge < -0.3 is 24.7 Å². The molecule has 2 saturated heterocycles. The summed E-state index contributed by atoms with van der Waals surface area (Å²) < 4.78 is 11.3. The van der Waals surface area contributed by atoms with Gasteiger partial charge in [-0.3, -0.25) is 9.69 Å². The molecule has 3 aromatic rings. The van der Waals surface area contributed by atoms with Crippen LogP contribution in [0.25, 0.3) is 10.9 Å². The largest absolute Gasteiger partial charge is 0.492 e. The van der Waals surface area contributed by atoms with Crippen LogP contribution in [0.5, 0.6) is 5.75 Å². The van der Waals surface area contributed by atoms with Crippen molar-refractivity contribution in [2.75, 3.05) is 59.1 Å². The highest BCUT2D eigenvalue weighted by molar-refractivity contribution is 5.99. The molecule has 0 aliphatic carbocycles. The van der Waals surface area contributed by atoms with E-state index in [1.54, 1.807) is 0 Å². The van der Waals surface area contributed by atoms with Gasteiger partial charge in [0.2, 0.25) is 0 Å². The van der Waals surface area contributed by atoms with Crippen LogP contribution in [0.4, 0.5) is 0 Å². The Bertz CT molecular complexity index is 1170. The summed E-state index contributed by atoms with van der Waals surface area (Å²) >= 11 is 0. The predicted octanol–water partition coefficient (Wildman–Crippen LogP) is 2.77. The molecule has 4 heterocycles. The van der Waals surface area contributed by atoms with Crippen molar-refractivity contribution in [2.45, 2.75) is 18.4 Å². The first-order chi connectivity index (χ1) is 16.7. The molecule has 7 nitrogen and oxygen atoms in total. The van der Waals surface area contributed by atoms with E-state index in [4.69, 9.17) is 9.47 Å². The lowest BCUT2D eigenvalue weighted by Gasteiger charge is -2.35. The smallest absolute Gasteiger partial charge is 0.254 e. The van der Waals surface area contributed by atoms with Crippen LogP contribution in [0.1, 0.15) is 28.0 Å². The lowest BCUT2D eigenvalue weighted by Crippen LogP contribution is -2.49. The Morgan fingerprint density at radius 2 is 1.94 bits per heavy atom. The number of amides is 1. The van der Waals surface area contributed by atoms with E-state index in [0.29, 0.717) is 32.9 Å². The zero-order chi connectivity index (χ0) is 23.0. The fraction of sp³-hybridized carbons (Fsp3) is 0.444. The average Bonchev–Trinajstić information content (AvgIpc) is 3.47. The minimum atomic E-state index is -0.0618. The first-order valence-corrected chi connectivity index (χ1v) is 12.4. The second-order valence-corrected chi connectivity index (χ2v) is 9.59. The van der Waals surface area contributed by atoms with Crippen LogP contribution in [0, 0.1) is 0 Å². The number of H-pyrrole nitrogens is 1. The molecule has 34 heavy (non-hydrogen) atoms. The number of aromatic nitrogens is 1. The Hall–Kier alpha value is -2.87. The van der Waals surface area contributed by atoms with Gasteiger partial charge in [0.1, 0.15) is 12.4 Å². The van der Waals surface area contributed by atoms with E-state index in [0.717, 1.165) is 55.9 Å². The maximum absolute atomic E-state index is 13.1. The van der Waals surface area contributed by atoms with E-state index in [2.05, 4.69) is 27.3 Å². The zero-order valence-electron chi connectivity index (χ0n) is 19.5. The standard InChI is InChI=1S/C27H32N4O3/c32-26(31-13-15-33-16-14-31)20-6-7-24-23(18-20)22-8-10-28-27(25(22)29-24)9-11-30(19-27)12-17-34-21-4-2-1-3-5-21/h1-7,18,28-29H,8-17,19H2. The molecule has 2 N–H and O–H groups in total. The SMILES string of the molecule is O=C(c1ccc2[nH]c3c(c2c1)CCNC31CCN(CCOc2ccccc2)C1)N1CCOCC1. The van der Waals surface area contributed by atoms with Crippen molar-refractivity contribution < 1.29 is 14.3 Å². The molecule has 1 aromatic heterocycles. The van der Waals surface area contributed by atoms with E-state index in [1.165, 1.54) is 16.6 Å². The van der Waals surface area contributed by atoms with Gasteiger partial charge in [-0.05, 0) is 48.7 Å². The van der Waals surface area contributed by atoms with Crippen LogP contribution in [-0.4, -0.2) is 79.8 Å². The van der Waals surface area contributed by atoms with Gasteiger partial charge in [-0.2, -0.15) is 0 Å². The number of likely N-dealkylation sites (tertiary alicyclic amines) is 1. The van der Waals surface area contributed by atoms with Gasteiger partial charge in [0, 0.05) is 61.4 Å². The maximum Gasteiger partial charge on any atom is 0.254 e. The van der Waals surface area contributed by atoms with Gasteiger partial charge >= 0.3 is 0 Å². The molecule has 0 radical (unpaired) electrons. The highest BCUT2D eigenvalue weighted by atomic mass is 16.5. The second kappa shape index (κ2) is 9.06. The van der Waals surface area contributed by atoms with Gasteiger partial charge in [0.15, 0.2) is 0 Å². The fourth-order valence-electron chi connectivity index (χ4n) is 5.75. The van der Waals surface area contributed by atoms with Gasteiger partial charge in [-0.25, -0.2) is 0 Å². The molecule has 1 unspecified atom stereocenters. The first-order valence-electron chi connectivity index (χ1n) is 12.4. The second-order valence-electron chi connectivity index (χ2n) is 9.59. The number of fused-ring (bicyclic) bond motifs is 4. The summed E-state index contributed by atoms with van der Waals surface area (Å²) in [6.45, 7) is 7.13. The van der Waals surface area contributed by atoms with Gasteiger partial charge in [0.05, 0.1) is 18.8 Å². The summed E-state index contributed by atoms with van der Waals surface area (Å²) in [6, 6.07) is 16.2. The Morgan fingerprint density at radius 1 is 1.09 bits per heavy atom. The summed E-state index contributed by atoms with van der Waals surface area (Å²) in [5.74, 6) is 1.03. The Labute approximate surface area is 200 Å². The highest BCUT2D eigenvalue weighted by Gasteiger charge is 2.44. The fourth-order valence-corrected chi connectivity index (χ4v) is 5.75. The van der Waals surface area contributed by atoms with Gasteiger partial charge in [-0.15, -0.1) is 0 Å². The van der Waals surface area contributed by atoms with E-state index in [9.17, 15) is 4.79 Å². The number of ether oxygens (including phenoxy) is 2. The quantitative estimate of drug-likeness (QED) is 0.613. The number of nitrogens with zero attached hydrogens (tertiary/aromatic N) is 2. The number of hydrogen-bond donors (Lipinski definition) is 2. The van der Waals surface area contributed by atoms with Crippen molar-refractivity contribution in [3.8, 4) is 5.75 Å². The molecule has 7 heteroatoms. The highest BCUT2D eigenvalue weighted by Crippen LogP contribution is 2.39. The molecule has 1 amide bonds. The molecule has 3 aliphatic heterocycles. The molecule has 0 saturated carbocycles. The number of rotatable bonds is 5. The van der Waals surface area contributed by atoms with Gasteiger partial charge in [0.25, 0.3) is 5.91 Å². The minimum Gasteiger partial charge on any atom is -0.492 e. The number of carbonyl (C=O) groups is 1. The summed E-state index contributed by atoms with van der Waals surface area (Å²) in [4.78, 5) is 21.2. The molecule has 3 aliphatic rings. The number of aromatic amines is 1. The molecular weight excluding hydrogens is 428 g/mol. The molecular formula is C27H32N4O3. The summed E-state index contributed by atoms with van der Waals surface area (Å²) in [5.41, 5.74) is 4.50. The number of para-hydroxylation sites is 1. The Balaban J connectivity index is 1.20. The molecule has 0 bridgehead atoms. The first kappa shape index (κ1) is 21.6. The Morgan fingerprint density at radius 3 is 2.79 bits per heavy atom. The average molecular weight is 461 g/mol. The normalized spacial score (nSPS) is 22.9. The predicted molar refractivity (Wildman–Crippen MR) is 131 cm³/mol. The monoisotopic (exact) mass is 460 g/mol. The van der Waals surface area contributed by atoms with Crippen molar-refractivity contribution in [3.63, 3.8) is 0 Å². The topological polar surface area (TPSA) is 69.8 Å².